The first-order valence-electron chi connectivity index (χ1n) is 6.23. The molecule has 0 spiro atoms. The molecule has 0 bridgehead atoms. The van der Waals surface area contributed by atoms with Crippen LogP contribution in [0.2, 0.25) is 0 Å². The van der Waals surface area contributed by atoms with Crippen molar-refractivity contribution in [1.82, 2.24) is 0 Å². The van der Waals surface area contributed by atoms with Gasteiger partial charge in [-0.25, -0.2) is 8.42 Å². The third-order valence-electron chi connectivity index (χ3n) is 3.11. The van der Waals surface area contributed by atoms with Gasteiger partial charge in [0.05, 0.1) is 17.8 Å². The lowest BCUT2D eigenvalue weighted by Crippen LogP contribution is -2.10. The Kier molecular flexibility index (Phi) is 4.29. The summed E-state index contributed by atoms with van der Waals surface area (Å²) in [5.74, 6) is 0.671. The summed E-state index contributed by atoms with van der Waals surface area (Å²) < 4.78 is 29.5. The van der Waals surface area contributed by atoms with Gasteiger partial charge in [0.2, 0.25) is 0 Å². The maximum absolute atomic E-state index is 12.2. The van der Waals surface area contributed by atoms with E-state index in [-0.39, 0.29) is 5.75 Å². The molecule has 0 aliphatic heterocycles. The normalized spacial score (nSPS) is 11.2. The summed E-state index contributed by atoms with van der Waals surface area (Å²) in [6.07, 6.45) is 0.404. The van der Waals surface area contributed by atoms with Gasteiger partial charge in [0, 0.05) is 5.69 Å². The van der Waals surface area contributed by atoms with E-state index in [0.717, 1.165) is 5.56 Å². The number of nitrogen functional groups attached to an aromatic ring is 1. The minimum absolute atomic E-state index is 0.0353. The van der Waals surface area contributed by atoms with Gasteiger partial charge in [-0.15, -0.1) is 0 Å². The summed E-state index contributed by atoms with van der Waals surface area (Å²) in [5.41, 5.74) is 7.29. The molecule has 2 aromatic carbocycles. The summed E-state index contributed by atoms with van der Waals surface area (Å²) in [7, 11) is -1.77. The van der Waals surface area contributed by atoms with Gasteiger partial charge in [-0.05, 0) is 42.3 Å². The smallest absolute Gasteiger partial charge is 0.178 e. The van der Waals surface area contributed by atoms with Crippen LogP contribution in [-0.4, -0.2) is 21.3 Å². The van der Waals surface area contributed by atoms with Crippen molar-refractivity contribution >= 4 is 15.5 Å². The lowest BCUT2D eigenvalue weighted by molar-refractivity contribution is 0.414. The first-order chi connectivity index (χ1) is 9.53. The molecule has 2 aromatic rings. The lowest BCUT2D eigenvalue weighted by atomic mass is 10.1. The number of benzene rings is 2. The zero-order valence-corrected chi connectivity index (χ0v) is 12.1. The van der Waals surface area contributed by atoms with Crippen molar-refractivity contribution < 1.29 is 13.2 Å². The quantitative estimate of drug-likeness (QED) is 0.858. The van der Waals surface area contributed by atoms with Crippen molar-refractivity contribution in [2.24, 2.45) is 0 Å². The number of hydrogen-bond acceptors (Lipinski definition) is 4. The molecule has 5 heteroatoms. The molecule has 0 unspecified atom stereocenters. The number of ether oxygens (including phenoxy) is 1. The Morgan fingerprint density at radius 3 is 2.30 bits per heavy atom. The fourth-order valence-corrected chi connectivity index (χ4v) is 3.18. The van der Waals surface area contributed by atoms with Crippen LogP contribution in [0, 0.1) is 0 Å². The van der Waals surface area contributed by atoms with Crippen molar-refractivity contribution in [3.8, 4) is 5.75 Å². The molecular weight excluding hydrogens is 274 g/mol. The predicted octanol–water partition coefficient (Wildman–Crippen LogP) is 2.29. The Hall–Kier alpha value is -2.01. The SMILES string of the molecule is COc1ccc(S(=O)(=O)CCc2ccccc2N)cc1. The Morgan fingerprint density at radius 1 is 1.05 bits per heavy atom. The highest BCUT2D eigenvalue weighted by Crippen LogP contribution is 2.19. The van der Waals surface area contributed by atoms with Crippen molar-refractivity contribution in [2.75, 3.05) is 18.6 Å². The largest absolute Gasteiger partial charge is 0.497 e. The van der Waals surface area contributed by atoms with E-state index >= 15 is 0 Å². The lowest BCUT2D eigenvalue weighted by Gasteiger charge is -2.07. The molecule has 0 saturated heterocycles. The molecule has 0 aliphatic carbocycles. The minimum atomic E-state index is -3.31. The summed E-state index contributed by atoms with van der Waals surface area (Å²) in [4.78, 5) is 0.299. The van der Waals surface area contributed by atoms with Crippen LogP contribution in [0.15, 0.2) is 53.4 Å². The van der Waals surface area contributed by atoms with E-state index < -0.39 is 9.84 Å². The van der Waals surface area contributed by atoms with E-state index in [9.17, 15) is 8.42 Å². The zero-order chi connectivity index (χ0) is 14.6. The molecule has 0 amide bonds. The third kappa shape index (κ3) is 3.30. The zero-order valence-electron chi connectivity index (χ0n) is 11.2. The van der Waals surface area contributed by atoms with E-state index in [0.29, 0.717) is 22.8 Å². The number of methoxy groups -OCH3 is 1. The van der Waals surface area contributed by atoms with E-state index in [4.69, 9.17) is 10.5 Å². The highest BCUT2D eigenvalue weighted by atomic mass is 32.2. The average Bonchev–Trinajstić information content (AvgIpc) is 2.46. The second-order valence-electron chi connectivity index (χ2n) is 4.44. The van der Waals surface area contributed by atoms with Crippen LogP contribution < -0.4 is 10.5 Å². The molecule has 2 N–H and O–H groups in total. The number of nitrogens with two attached hydrogens (primary N) is 1. The van der Waals surface area contributed by atoms with Gasteiger partial charge < -0.3 is 10.5 Å². The number of hydrogen-bond donors (Lipinski definition) is 1. The highest BCUT2D eigenvalue weighted by Gasteiger charge is 2.15. The Labute approximate surface area is 119 Å². The fourth-order valence-electron chi connectivity index (χ4n) is 1.91. The number of aryl methyl sites for hydroxylation is 1. The third-order valence-corrected chi connectivity index (χ3v) is 4.85. The molecule has 20 heavy (non-hydrogen) atoms. The number of anilines is 1. The second kappa shape index (κ2) is 5.96. The molecule has 0 aliphatic rings. The molecule has 106 valence electrons. The fraction of sp³-hybridized carbons (Fsp3) is 0.200. The van der Waals surface area contributed by atoms with Crippen molar-refractivity contribution in [2.45, 2.75) is 11.3 Å². The molecule has 0 saturated carbocycles. The summed E-state index contributed by atoms with van der Waals surface area (Å²) in [6, 6.07) is 13.7. The molecule has 0 aromatic heterocycles. The van der Waals surface area contributed by atoms with E-state index in [1.54, 1.807) is 37.4 Å². The Balaban J connectivity index is 2.13. The minimum Gasteiger partial charge on any atom is -0.497 e. The van der Waals surface area contributed by atoms with Gasteiger partial charge in [0.1, 0.15) is 5.75 Å². The van der Waals surface area contributed by atoms with Crippen molar-refractivity contribution in [1.29, 1.82) is 0 Å². The van der Waals surface area contributed by atoms with Gasteiger partial charge in [0.15, 0.2) is 9.84 Å². The van der Waals surface area contributed by atoms with E-state index in [1.165, 1.54) is 0 Å². The van der Waals surface area contributed by atoms with Crippen LogP contribution >= 0.6 is 0 Å². The number of sulfone groups is 1. The van der Waals surface area contributed by atoms with Crippen molar-refractivity contribution in [3.63, 3.8) is 0 Å². The van der Waals surface area contributed by atoms with Gasteiger partial charge >= 0.3 is 0 Å². The van der Waals surface area contributed by atoms with Crippen LogP contribution in [0.1, 0.15) is 5.56 Å². The van der Waals surface area contributed by atoms with Gasteiger partial charge in [-0.1, -0.05) is 18.2 Å². The molecular formula is C15H17NO3S. The maximum atomic E-state index is 12.2. The molecule has 4 nitrogen and oxygen atoms in total. The monoisotopic (exact) mass is 291 g/mol. The first-order valence-corrected chi connectivity index (χ1v) is 7.88. The van der Waals surface area contributed by atoms with E-state index in [2.05, 4.69) is 0 Å². The molecule has 0 radical (unpaired) electrons. The molecule has 0 fully saturated rings. The number of rotatable bonds is 5. The number of para-hydroxylation sites is 1. The van der Waals surface area contributed by atoms with Crippen LogP contribution in [0.25, 0.3) is 0 Å². The van der Waals surface area contributed by atoms with Crippen LogP contribution in [-0.2, 0) is 16.3 Å². The first kappa shape index (κ1) is 14.4. The second-order valence-corrected chi connectivity index (χ2v) is 6.55. The van der Waals surface area contributed by atoms with Gasteiger partial charge in [-0.2, -0.15) is 0 Å². The van der Waals surface area contributed by atoms with Crippen LogP contribution in [0.5, 0.6) is 5.75 Å². The summed E-state index contributed by atoms with van der Waals surface area (Å²) >= 11 is 0. The highest BCUT2D eigenvalue weighted by molar-refractivity contribution is 7.91. The summed E-state index contributed by atoms with van der Waals surface area (Å²) in [6.45, 7) is 0. The summed E-state index contributed by atoms with van der Waals surface area (Å²) in [5, 5.41) is 0. The van der Waals surface area contributed by atoms with Crippen molar-refractivity contribution in [3.05, 3.63) is 54.1 Å². The Morgan fingerprint density at radius 2 is 1.70 bits per heavy atom. The molecule has 0 heterocycles. The molecule has 2 rings (SSSR count). The maximum Gasteiger partial charge on any atom is 0.178 e. The topological polar surface area (TPSA) is 69.4 Å². The standard InChI is InChI=1S/C15H17NO3S/c1-19-13-6-8-14(9-7-13)20(17,18)11-10-12-4-2-3-5-15(12)16/h2-9H,10-11,16H2,1H3. The van der Waals surface area contributed by atoms with Crippen LogP contribution in [0.3, 0.4) is 0 Å². The van der Waals surface area contributed by atoms with Gasteiger partial charge in [0.25, 0.3) is 0 Å². The molecule has 0 atom stereocenters. The average molecular weight is 291 g/mol. The Bertz CT molecular complexity index is 679. The van der Waals surface area contributed by atoms with E-state index in [1.807, 2.05) is 18.2 Å². The van der Waals surface area contributed by atoms with Gasteiger partial charge in [-0.3, -0.25) is 0 Å². The predicted molar refractivity (Wildman–Crippen MR) is 79.6 cm³/mol. The van der Waals surface area contributed by atoms with Crippen LogP contribution in [0.4, 0.5) is 5.69 Å².